The second-order valence-corrected chi connectivity index (χ2v) is 5.08. The Bertz CT molecular complexity index is 906. The maximum absolute atomic E-state index is 14.0. The number of fused-ring (bicyclic) bond motifs is 1. The standard InChI is InChI=1S/C16H12F2N2O3/c1-8-2-3-10(17)7-12(8)19-16-20-15-11(18)4-9(6-14(21)22)5-13(15)23-16/h2-5,7H,6H2,1H3,(H,19,20)(H,21,22)/p-1. The average Bonchev–Trinajstić information content (AvgIpc) is 2.85. The van der Waals surface area contributed by atoms with Crippen molar-refractivity contribution in [2.24, 2.45) is 0 Å². The summed E-state index contributed by atoms with van der Waals surface area (Å²) in [5.74, 6) is -2.46. The smallest absolute Gasteiger partial charge is 0.300 e. The van der Waals surface area contributed by atoms with Crippen LogP contribution in [0.4, 0.5) is 20.5 Å². The molecule has 23 heavy (non-hydrogen) atoms. The van der Waals surface area contributed by atoms with Crippen molar-refractivity contribution < 1.29 is 23.1 Å². The Labute approximate surface area is 129 Å². The Morgan fingerprint density at radius 2 is 2.09 bits per heavy atom. The number of hydrogen-bond acceptors (Lipinski definition) is 5. The minimum Gasteiger partial charge on any atom is -0.550 e. The molecule has 118 valence electrons. The van der Waals surface area contributed by atoms with E-state index in [1.807, 2.05) is 0 Å². The summed E-state index contributed by atoms with van der Waals surface area (Å²) in [5.41, 5.74) is 1.46. The Kier molecular flexibility index (Phi) is 3.69. The first kappa shape index (κ1) is 15.0. The fraction of sp³-hybridized carbons (Fsp3) is 0.125. The number of nitrogens with one attached hydrogen (secondary N) is 1. The Morgan fingerprint density at radius 3 is 2.83 bits per heavy atom. The van der Waals surface area contributed by atoms with Crippen molar-refractivity contribution in [3.63, 3.8) is 0 Å². The lowest BCUT2D eigenvalue weighted by molar-refractivity contribution is -0.304. The predicted octanol–water partition coefficient (Wildman–Crippen LogP) is 2.45. The van der Waals surface area contributed by atoms with Crippen molar-refractivity contribution in [3.05, 3.63) is 53.1 Å². The molecular weight excluding hydrogens is 306 g/mol. The molecule has 0 saturated heterocycles. The van der Waals surface area contributed by atoms with Crippen LogP contribution in [0.5, 0.6) is 0 Å². The number of aliphatic carboxylic acids is 1. The van der Waals surface area contributed by atoms with Gasteiger partial charge in [-0.15, -0.1) is 0 Å². The number of aryl methyl sites for hydroxylation is 1. The van der Waals surface area contributed by atoms with Gasteiger partial charge in [0, 0.05) is 18.1 Å². The van der Waals surface area contributed by atoms with Gasteiger partial charge in [0.2, 0.25) is 0 Å². The van der Waals surface area contributed by atoms with Gasteiger partial charge in [0.05, 0.1) is 0 Å². The van der Waals surface area contributed by atoms with Gasteiger partial charge in [-0.05, 0) is 42.3 Å². The molecule has 0 amide bonds. The van der Waals surface area contributed by atoms with Gasteiger partial charge in [0.25, 0.3) is 6.01 Å². The predicted molar refractivity (Wildman–Crippen MR) is 77.1 cm³/mol. The second-order valence-electron chi connectivity index (χ2n) is 5.08. The number of anilines is 2. The molecule has 5 nitrogen and oxygen atoms in total. The molecule has 3 aromatic rings. The minimum atomic E-state index is -1.32. The molecule has 0 radical (unpaired) electrons. The average molecular weight is 317 g/mol. The summed E-state index contributed by atoms with van der Waals surface area (Å²) in [4.78, 5) is 14.6. The summed E-state index contributed by atoms with van der Waals surface area (Å²) in [6.07, 6.45) is -0.431. The van der Waals surface area contributed by atoms with Crippen LogP contribution in [0.1, 0.15) is 11.1 Å². The quantitative estimate of drug-likeness (QED) is 0.799. The highest BCUT2D eigenvalue weighted by molar-refractivity contribution is 5.79. The highest BCUT2D eigenvalue weighted by atomic mass is 19.1. The number of carbonyl (C=O) groups is 1. The van der Waals surface area contributed by atoms with Gasteiger partial charge in [0.1, 0.15) is 11.3 Å². The van der Waals surface area contributed by atoms with Crippen molar-refractivity contribution in [2.75, 3.05) is 5.32 Å². The highest BCUT2D eigenvalue weighted by Crippen LogP contribution is 2.27. The van der Waals surface area contributed by atoms with Crippen LogP contribution < -0.4 is 10.4 Å². The van der Waals surface area contributed by atoms with Crippen LogP contribution in [0.3, 0.4) is 0 Å². The molecule has 3 rings (SSSR count). The number of carbonyl (C=O) groups excluding carboxylic acids is 1. The second kappa shape index (κ2) is 5.68. The van der Waals surface area contributed by atoms with Crippen LogP contribution in [0.2, 0.25) is 0 Å². The molecule has 1 N–H and O–H groups in total. The molecule has 1 aromatic heterocycles. The maximum Gasteiger partial charge on any atom is 0.300 e. The van der Waals surface area contributed by atoms with Crippen molar-refractivity contribution in [1.29, 1.82) is 0 Å². The number of nitrogens with zero attached hydrogens (tertiary/aromatic N) is 1. The van der Waals surface area contributed by atoms with Crippen molar-refractivity contribution in [3.8, 4) is 0 Å². The third kappa shape index (κ3) is 3.13. The maximum atomic E-state index is 14.0. The zero-order chi connectivity index (χ0) is 16.6. The number of oxazole rings is 1. The first-order valence-electron chi connectivity index (χ1n) is 6.74. The van der Waals surface area contributed by atoms with E-state index < -0.39 is 24.0 Å². The van der Waals surface area contributed by atoms with Crippen LogP contribution in [-0.2, 0) is 11.2 Å². The molecule has 0 aliphatic carbocycles. The molecule has 1 heterocycles. The third-order valence-corrected chi connectivity index (χ3v) is 3.30. The van der Waals surface area contributed by atoms with E-state index in [9.17, 15) is 18.7 Å². The van der Waals surface area contributed by atoms with E-state index in [0.717, 1.165) is 11.6 Å². The first-order chi connectivity index (χ1) is 10.9. The number of rotatable bonds is 4. The van der Waals surface area contributed by atoms with Crippen molar-refractivity contribution in [1.82, 2.24) is 4.98 Å². The monoisotopic (exact) mass is 317 g/mol. The van der Waals surface area contributed by atoms with E-state index in [1.165, 1.54) is 18.2 Å². The summed E-state index contributed by atoms with van der Waals surface area (Å²) in [6.45, 7) is 1.77. The SMILES string of the molecule is Cc1ccc(F)cc1Nc1nc2c(F)cc(CC(=O)[O-])cc2o1. The van der Waals surface area contributed by atoms with Crippen molar-refractivity contribution in [2.45, 2.75) is 13.3 Å². The fourth-order valence-corrected chi connectivity index (χ4v) is 2.21. The van der Waals surface area contributed by atoms with Crippen molar-refractivity contribution >= 4 is 28.8 Å². The summed E-state index contributed by atoms with van der Waals surface area (Å²) < 4.78 is 32.6. The number of carboxylic acids is 1. The Balaban J connectivity index is 1.98. The lowest BCUT2D eigenvalue weighted by Crippen LogP contribution is -2.24. The van der Waals surface area contributed by atoms with Gasteiger partial charge in [-0.2, -0.15) is 4.98 Å². The molecule has 0 aliphatic rings. The first-order valence-corrected chi connectivity index (χ1v) is 6.74. The van der Waals surface area contributed by atoms with Crippen LogP contribution in [0.15, 0.2) is 34.7 Å². The lowest BCUT2D eigenvalue weighted by Gasteiger charge is -2.05. The molecule has 0 atom stereocenters. The molecule has 0 aliphatic heterocycles. The lowest BCUT2D eigenvalue weighted by atomic mass is 10.1. The summed E-state index contributed by atoms with van der Waals surface area (Å²) in [7, 11) is 0. The van der Waals surface area contributed by atoms with Crippen LogP contribution >= 0.6 is 0 Å². The number of aromatic nitrogens is 1. The van der Waals surface area contributed by atoms with Gasteiger partial charge in [-0.1, -0.05) is 6.07 Å². The van der Waals surface area contributed by atoms with Gasteiger partial charge >= 0.3 is 0 Å². The topological polar surface area (TPSA) is 78.2 Å². The number of hydrogen-bond donors (Lipinski definition) is 1. The number of halogens is 2. The zero-order valence-corrected chi connectivity index (χ0v) is 12.0. The van der Waals surface area contributed by atoms with Crippen LogP contribution in [-0.4, -0.2) is 11.0 Å². The molecule has 0 spiro atoms. The molecule has 0 fully saturated rings. The van der Waals surface area contributed by atoms with E-state index >= 15 is 0 Å². The van der Waals surface area contributed by atoms with Gasteiger partial charge in [0.15, 0.2) is 11.4 Å². The van der Waals surface area contributed by atoms with E-state index in [4.69, 9.17) is 4.42 Å². The molecule has 0 unspecified atom stereocenters. The summed E-state index contributed by atoms with van der Waals surface area (Å²) in [5, 5.41) is 13.4. The molecule has 2 aromatic carbocycles. The molecular formula is C16H11F2N2O3-. The normalized spacial score (nSPS) is 10.9. The van der Waals surface area contributed by atoms with E-state index in [2.05, 4.69) is 10.3 Å². The Hall–Kier alpha value is -2.96. The van der Waals surface area contributed by atoms with E-state index in [-0.39, 0.29) is 22.7 Å². The van der Waals surface area contributed by atoms with Gasteiger partial charge in [-0.3, -0.25) is 0 Å². The summed E-state index contributed by atoms with van der Waals surface area (Å²) in [6, 6.07) is 6.60. The fourth-order valence-electron chi connectivity index (χ4n) is 2.21. The molecule has 0 saturated carbocycles. The number of benzene rings is 2. The minimum absolute atomic E-state index is 0.0156. The molecule has 7 heteroatoms. The molecule has 0 bridgehead atoms. The summed E-state index contributed by atoms with van der Waals surface area (Å²) >= 11 is 0. The van der Waals surface area contributed by atoms with Gasteiger partial charge in [-0.25, -0.2) is 8.78 Å². The van der Waals surface area contributed by atoms with E-state index in [0.29, 0.717) is 5.69 Å². The van der Waals surface area contributed by atoms with Crippen LogP contribution in [0, 0.1) is 18.6 Å². The highest BCUT2D eigenvalue weighted by Gasteiger charge is 2.13. The van der Waals surface area contributed by atoms with Crippen LogP contribution in [0.25, 0.3) is 11.1 Å². The largest absolute Gasteiger partial charge is 0.550 e. The Morgan fingerprint density at radius 1 is 1.30 bits per heavy atom. The zero-order valence-electron chi connectivity index (χ0n) is 12.0. The third-order valence-electron chi connectivity index (χ3n) is 3.30. The van der Waals surface area contributed by atoms with Gasteiger partial charge < -0.3 is 19.6 Å². The van der Waals surface area contributed by atoms with E-state index in [1.54, 1.807) is 13.0 Å². The number of carboxylic acid groups (broad SMARTS) is 1.